The highest BCUT2D eigenvalue weighted by Gasteiger charge is 2.49. The lowest BCUT2D eigenvalue weighted by Crippen LogP contribution is -2.52. The SMILES string of the molecule is CCO[Si](OCC)(OCC)Oc1ccc(NC(=O)c2ccc(O[Si](OCC)(OCC)OCC)c(NC(=O)c3ccc(N)cc3)c2)cc1NC(=O)c1ccc(N)cc1. The first kappa shape index (κ1) is 44.4. The summed E-state index contributed by atoms with van der Waals surface area (Å²) in [7, 11) is -7.47. The van der Waals surface area contributed by atoms with Crippen molar-refractivity contribution in [1.82, 2.24) is 0 Å². The van der Waals surface area contributed by atoms with Gasteiger partial charge >= 0.3 is 18.1 Å². The molecule has 0 atom stereocenters. The highest BCUT2D eigenvalue weighted by molar-refractivity contribution is 6.55. The van der Waals surface area contributed by atoms with Gasteiger partial charge in [0.1, 0.15) is 11.5 Å². The molecule has 0 aromatic heterocycles. The van der Waals surface area contributed by atoms with Crippen molar-refractivity contribution in [3.63, 3.8) is 0 Å². The van der Waals surface area contributed by atoms with Crippen LogP contribution in [0.3, 0.4) is 0 Å². The van der Waals surface area contributed by atoms with Crippen LogP contribution in [0, 0.1) is 0 Å². The average Bonchev–Trinajstić information content (AvgIpc) is 3.17. The van der Waals surface area contributed by atoms with E-state index in [9.17, 15) is 14.4 Å². The smallest absolute Gasteiger partial charge is 0.478 e. The van der Waals surface area contributed by atoms with Gasteiger partial charge in [-0.15, -0.1) is 0 Å². The quantitative estimate of drug-likeness (QED) is 0.0426. The zero-order chi connectivity index (χ0) is 41.4. The molecule has 0 fully saturated rings. The van der Waals surface area contributed by atoms with Crippen molar-refractivity contribution < 1.29 is 49.8 Å². The molecule has 0 saturated heterocycles. The van der Waals surface area contributed by atoms with Gasteiger partial charge in [-0.05, 0) is 126 Å². The summed E-state index contributed by atoms with van der Waals surface area (Å²) in [5.41, 5.74) is 14.1. The number of hydrogen-bond donors (Lipinski definition) is 5. The van der Waals surface area contributed by atoms with E-state index >= 15 is 0 Å². The standard InChI is InChI=1S/C39H51N5O11Si2/c1-7-48-56(49-8-2,50-9-3)54-35-23-17-29(25-33(35)43-37(45)27-13-18-30(40)19-14-27)39(47)42-32-22-24-36(55-57(51-10-4,52-11-5)53-12-6)34(26-32)44-38(46)28-15-20-31(41)21-16-28/h13-26H,7-12,40-41H2,1-6H3,(H,42,47)(H,43,45)(H,44,46). The van der Waals surface area contributed by atoms with Gasteiger partial charge in [0.2, 0.25) is 0 Å². The van der Waals surface area contributed by atoms with Crippen LogP contribution >= 0.6 is 0 Å². The Bertz CT molecular complexity index is 1920. The van der Waals surface area contributed by atoms with E-state index in [2.05, 4.69) is 16.0 Å². The van der Waals surface area contributed by atoms with Crippen LogP contribution < -0.4 is 36.3 Å². The molecule has 0 aliphatic heterocycles. The number of carbonyl (C=O) groups excluding carboxylic acids is 3. The van der Waals surface area contributed by atoms with Crippen LogP contribution in [0.25, 0.3) is 0 Å². The van der Waals surface area contributed by atoms with E-state index in [0.29, 0.717) is 28.2 Å². The molecule has 0 aliphatic carbocycles. The summed E-state index contributed by atoms with van der Waals surface area (Å²) in [6.45, 7) is 12.1. The number of nitrogens with two attached hydrogens (primary N) is 2. The van der Waals surface area contributed by atoms with E-state index in [1.165, 1.54) is 24.3 Å². The maximum atomic E-state index is 13.9. The molecule has 4 aromatic carbocycles. The largest absolute Gasteiger partial charge is 0.749 e. The van der Waals surface area contributed by atoms with Gasteiger partial charge in [-0.2, -0.15) is 0 Å². The molecule has 0 bridgehead atoms. The normalized spacial score (nSPS) is 11.5. The van der Waals surface area contributed by atoms with Crippen molar-refractivity contribution in [3.05, 3.63) is 102 Å². The predicted molar refractivity (Wildman–Crippen MR) is 221 cm³/mol. The lowest BCUT2D eigenvalue weighted by Gasteiger charge is -2.28. The first-order valence-electron chi connectivity index (χ1n) is 18.6. The van der Waals surface area contributed by atoms with Gasteiger partial charge in [-0.3, -0.25) is 14.4 Å². The molecule has 4 aromatic rings. The highest BCUT2D eigenvalue weighted by atomic mass is 28.4. The molecule has 0 spiro atoms. The molecular weight excluding hydrogens is 771 g/mol. The number of amides is 3. The minimum atomic E-state index is -3.74. The van der Waals surface area contributed by atoms with Crippen LogP contribution in [-0.4, -0.2) is 75.5 Å². The number of nitrogen functional groups attached to an aromatic ring is 2. The molecule has 0 aliphatic rings. The number of rotatable bonds is 22. The van der Waals surface area contributed by atoms with E-state index in [1.807, 2.05) is 0 Å². The van der Waals surface area contributed by atoms with E-state index in [0.717, 1.165) is 0 Å². The fraction of sp³-hybridized carbons (Fsp3) is 0.308. The number of anilines is 5. The molecule has 0 heterocycles. The van der Waals surface area contributed by atoms with Crippen molar-refractivity contribution in [3.8, 4) is 11.5 Å². The first-order valence-corrected chi connectivity index (χ1v) is 21.8. The molecule has 16 nitrogen and oxygen atoms in total. The van der Waals surface area contributed by atoms with Crippen LogP contribution in [0.4, 0.5) is 28.4 Å². The summed E-state index contributed by atoms with van der Waals surface area (Å²) in [5, 5.41) is 8.54. The van der Waals surface area contributed by atoms with Gasteiger partial charge in [0.05, 0.1) is 11.4 Å². The van der Waals surface area contributed by atoms with Gasteiger partial charge < -0.3 is 62.8 Å². The van der Waals surface area contributed by atoms with Gasteiger partial charge in [0.15, 0.2) is 0 Å². The molecule has 3 amide bonds. The van der Waals surface area contributed by atoms with Crippen molar-refractivity contribution in [2.45, 2.75) is 41.5 Å². The number of nitrogens with one attached hydrogen (secondary N) is 3. The Kier molecular flexibility index (Phi) is 16.6. The Hall–Kier alpha value is -5.32. The minimum absolute atomic E-state index is 0.143. The third kappa shape index (κ3) is 12.3. The number of hydrogen-bond acceptors (Lipinski definition) is 13. The lowest BCUT2D eigenvalue weighted by molar-refractivity contribution is 0.00887. The Morgan fingerprint density at radius 2 is 0.789 bits per heavy atom. The zero-order valence-electron chi connectivity index (χ0n) is 33.0. The van der Waals surface area contributed by atoms with E-state index in [-0.39, 0.29) is 68.1 Å². The molecule has 4 rings (SSSR count). The summed E-state index contributed by atoms with van der Waals surface area (Å²) >= 11 is 0. The van der Waals surface area contributed by atoms with Crippen molar-refractivity contribution in [2.75, 3.05) is 67.1 Å². The Labute approximate surface area is 335 Å². The summed E-state index contributed by atoms with van der Waals surface area (Å²) < 4.78 is 47.9. The maximum absolute atomic E-state index is 13.9. The van der Waals surface area contributed by atoms with E-state index in [4.69, 9.17) is 46.9 Å². The number of carbonyl (C=O) groups is 3. The minimum Gasteiger partial charge on any atom is -0.478 e. The van der Waals surface area contributed by atoms with Gasteiger partial charge in [-0.1, -0.05) is 0 Å². The highest BCUT2D eigenvalue weighted by Crippen LogP contribution is 2.34. The van der Waals surface area contributed by atoms with Crippen LogP contribution in [-0.2, 0) is 26.6 Å². The average molecular weight is 822 g/mol. The molecule has 7 N–H and O–H groups in total. The van der Waals surface area contributed by atoms with Gasteiger partial charge in [0.25, 0.3) is 17.7 Å². The summed E-state index contributed by atoms with van der Waals surface area (Å²) in [6.07, 6.45) is 0. The summed E-state index contributed by atoms with van der Waals surface area (Å²) in [5.74, 6) is -1.19. The van der Waals surface area contributed by atoms with Crippen molar-refractivity contribution in [1.29, 1.82) is 0 Å². The second-order valence-corrected chi connectivity index (χ2v) is 16.0. The second-order valence-electron chi connectivity index (χ2n) is 11.8. The zero-order valence-corrected chi connectivity index (χ0v) is 35.0. The molecule has 0 radical (unpaired) electrons. The Morgan fingerprint density at radius 1 is 0.456 bits per heavy atom. The molecular formula is C39H51N5O11Si2. The maximum Gasteiger partial charge on any atom is 0.749 e. The molecule has 18 heteroatoms. The fourth-order valence-electron chi connectivity index (χ4n) is 5.27. The van der Waals surface area contributed by atoms with Crippen LogP contribution in [0.2, 0.25) is 0 Å². The molecule has 306 valence electrons. The van der Waals surface area contributed by atoms with E-state index in [1.54, 1.807) is 102 Å². The van der Waals surface area contributed by atoms with Gasteiger partial charge in [-0.25, -0.2) is 0 Å². The topological polar surface area (TPSA) is 213 Å². The van der Waals surface area contributed by atoms with Crippen LogP contribution in [0.5, 0.6) is 11.5 Å². The fourth-order valence-corrected chi connectivity index (χ4v) is 9.14. The molecule has 0 saturated carbocycles. The predicted octanol–water partition coefficient (Wildman–Crippen LogP) is 6.46. The first-order chi connectivity index (χ1) is 27.4. The second kappa shape index (κ2) is 21.3. The van der Waals surface area contributed by atoms with E-state index < -0.39 is 35.8 Å². The summed E-state index contributed by atoms with van der Waals surface area (Å²) in [4.78, 5) is 40.7. The number of benzene rings is 4. The third-order valence-corrected chi connectivity index (χ3v) is 12.5. The molecule has 0 unspecified atom stereocenters. The monoisotopic (exact) mass is 821 g/mol. The summed E-state index contributed by atoms with van der Waals surface area (Å²) in [6, 6.07) is 21.9. The van der Waals surface area contributed by atoms with Gasteiger partial charge in [0, 0.05) is 73.4 Å². The van der Waals surface area contributed by atoms with Crippen LogP contribution in [0.15, 0.2) is 84.9 Å². The lowest BCUT2D eigenvalue weighted by atomic mass is 10.1. The third-order valence-electron chi connectivity index (χ3n) is 7.72. The van der Waals surface area contributed by atoms with Crippen LogP contribution in [0.1, 0.15) is 72.6 Å². The Balaban J connectivity index is 1.72. The van der Waals surface area contributed by atoms with Crippen molar-refractivity contribution in [2.24, 2.45) is 0 Å². The van der Waals surface area contributed by atoms with Crippen molar-refractivity contribution >= 4 is 64.3 Å². The molecule has 57 heavy (non-hydrogen) atoms. The Morgan fingerprint density at radius 3 is 1.18 bits per heavy atom.